The Bertz CT molecular complexity index is 829. The third-order valence-corrected chi connectivity index (χ3v) is 7.12. The number of benzene rings is 1. The van der Waals surface area contributed by atoms with Crippen molar-refractivity contribution in [1.82, 2.24) is 9.80 Å². The molecule has 2 aliphatic heterocycles. The van der Waals surface area contributed by atoms with E-state index in [1.807, 2.05) is 12.1 Å². The highest BCUT2D eigenvalue weighted by molar-refractivity contribution is 6.31. The first kappa shape index (κ1) is 22.1. The monoisotopic (exact) mass is 446 g/mol. The van der Waals surface area contributed by atoms with Gasteiger partial charge in [-0.15, -0.1) is 0 Å². The molecule has 3 amide bonds. The minimum atomic E-state index is -0.216. The van der Waals surface area contributed by atoms with Crippen LogP contribution in [0, 0.1) is 11.8 Å². The Morgan fingerprint density at radius 1 is 1.06 bits per heavy atom. The number of anilines is 2. The summed E-state index contributed by atoms with van der Waals surface area (Å²) in [6.07, 6.45) is 3.66. The zero-order valence-corrected chi connectivity index (χ0v) is 18.9. The van der Waals surface area contributed by atoms with Gasteiger partial charge in [-0.25, -0.2) is 0 Å². The van der Waals surface area contributed by atoms with Gasteiger partial charge in [0.2, 0.25) is 17.7 Å². The summed E-state index contributed by atoms with van der Waals surface area (Å²) in [5.41, 5.74) is 1.63. The van der Waals surface area contributed by atoms with Crippen LogP contribution in [0.15, 0.2) is 18.2 Å². The maximum absolute atomic E-state index is 12.7. The minimum Gasteiger partial charge on any atom is -0.367 e. The van der Waals surface area contributed by atoms with Gasteiger partial charge in [-0.2, -0.15) is 0 Å². The molecule has 1 aromatic rings. The predicted octanol–water partition coefficient (Wildman–Crippen LogP) is 2.99. The first-order chi connectivity index (χ1) is 15.0. The van der Waals surface area contributed by atoms with Crippen molar-refractivity contribution in [2.45, 2.75) is 39.0 Å². The number of rotatable bonds is 6. The van der Waals surface area contributed by atoms with E-state index < -0.39 is 0 Å². The molecule has 3 fully saturated rings. The van der Waals surface area contributed by atoms with Gasteiger partial charge in [-0.3, -0.25) is 19.3 Å². The zero-order chi connectivity index (χ0) is 22.0. The third-order valence-electron chi connectivity index (χ3n) is 6.89. The number of hydrogen-bond acceptors (Lipinski definition) is 5. The zero-order valence-electron chi connectivity index (χ0n) is 18.1. The summed E-state index contributed by atoms with van der Waals surface area (Å²) in [5.74, 6) is -0.762. The first-order valence-corrected chi connectivity index (χ1v) is 11.8. The molecule has 2 saturated heterocycles. The number of nitrogens with one attached hydrogen (secondary N) is 1. The SMILES string of the molecule is CCN1CCN(c2ccc(Cl)cc2NC(=O)CCN2C(=O)C3CCCCC3C2=O)CC1. The van der Waals surface area contributed by atoms with Crippen molar-refractivity contribution >= 4 is 40.7 Å². The summed E-state index contributed by atoms with van der Waals surface area (Å²) >= 11 is 6.20. The van der Waals surface area contributed by atoms with E-state index in [4.69, 9.17) is 11.6 Å². The fourth-order valence-corrected chi connectivity index (χ4v) is 5.24. The number of imide groups is 1. The largest absolute Gasteiger partial charge is 0.367 e. The molecule has 2 heterocycles. The van der Waals surface area contributed by atoms with Gasteiger partial charge in [0.25, 0.3) is 0 Å². The average Bonchev–Trinajstić information content (AvgIpc) is 3.02. The van der Waals surface area contributed by atoms with Crippen LogP contribution < -0.4 is 10.2 Å². The lowest BCUT2D eigenvalue weighted by Crippen LogP contribution is -2.46. The summed E-state index contributed by atoms with van der Waals surface area (Å²) in [6, 6.07) is 5.54. The first-order valence-electron chi connectivity index (χ1n) is 11.4. The van der Waals surface area contributed by atoms with E-state index in [1.54, 1.807) is 6.07 Å². The molecule has 0 aromatic heterocycles. The number of carbonyl (C=O) groups excluding carboxylic acids is 3. The molecule has 7 nitrogen and oxygen atoms in total. The van der Waals surface area contributed by atoms with Crippen molar-refractivity contribution in [3.8, 4) is 0 Å². The van der Waals surface area contributed by atoms with Crippen LogP contribution in [0.3, 0.4) is 0 Å². The van der Waals surface area contributed by atoms with Crippen molar-refractivity contribution in [3.05, 3.63) is 23.2 Å². The summed E-state index contributed by atoms with van der Waals surface area (Å²) in [4.78, 5) is 43.9. The van der Waals surface area contributed by atoms with Crippen LogP contribution in [-0.4, -0.2) is 66.8 Å². The predicted molar refractivity (Wildman–Crippen MR) is 121 cm³/mol. The van der Waals surface area contributed by atoms with E-state index >= 15 is 0 Å². The topological polar surface area (TPSA) is 73.0 Å². The van der Waals surface area contributed by atoms with Crippen molar-refractivity contribution in [1.29, 1.82) is 0 Å². The molecule has 4 rings (SSSR count). The molecular formula is C23H31ClN4O3. The van der Waals surface area contributed by atoms with Gasteiger partial charge in [-0.1, -0.05) is 31.4 Å². The lowest BCUT2D eigenvalue weighted by molar-refractivity contribution is -0.140. The second kappa shape index (κ2) is 9.57. The second-order valence-corrected chi connectivity index (χ2v) is 9.14. The number of halogens is 1. The number of likely N-dealkylation sites (N-methyl/N-ethyl adjacent to an activating group) is 1. The molecule has 1 aromatic carbocycles. The number of likely N-dealkylation sites (tertiary alicyclic amines) is 1. The Kier molecular flexibility index (Phi) is 6.82. The van der Waals surface area contributed by atoms with Crippen molar-refractivity contribution in [2.24, 2.45) is 11.8 Å². The summed E-state index contributed by atoms with van der Waals surface area (Å²) in [6.45, 7) is 7.07. The van der Waals surface area contributed by atoms with E-state index in [1.165, 1.54) is 4.90 Å². The van der Waals surface area contributed by atoms with E-state index in [-0.39, 0.29) is 42.5 Å². The Hall–Kier alpha value is -2.12. The summed E-state index contributed by atoms with van der Waals surface area (Å²) in [5, 5.41) is 3.52. The van der Waals surface area contributed by atoms with Gasteiger partial charge < -0.3 is 15.1 Å². The Morgan fingerprint density at radius 3 is 2.32 bits per heavy atom. The third kappa shape index (κ3) is 4.72. The van der Waals surface area contributed by atoms with Crippen LogP contribution in [-0.2, 0) is 14.4 Å². The molecule has 0 spiro atoms. The summed E-state index contributed by atoms with van der Waals surface area (Å²) < 4.78 is 0. The van der Waals surface area contributed by atoms with Crippen LogP contribution in [0.25, 0.3) is 0 Å². The number of nitrogens with zero attached hydrogens (tertiary/aromatic N) is 3. The Balaban J connectivity index is 1.38. The van der Waals surface area contributed by atoms with Crippen LogP contribution in [0.2, 0.25) is 5.02 Å². The average molecular weight is 447 g/mol. The van der Waals surface area contributed by atoms with Gasteiger partial charge in [0.15, 0.2) is 0 Å². The van der Waals surface area contributed by atoms with Gasteiger partial charge in [0, 0.05) is 44.2 Å². The molecule has 0 radical (unpaired) electrons. The van der Waals surface area contributed by atoms with Crippen LogP contribution >= 0.6 is 11.6 Å². The molecule has 8 heteroatoms. The van der Waals surface area contributed by atoms with E-state index in [0.717, 1.165) is 64.1 Å². The van der Waals surface area contributed by atoms with Gasteiger partial charge in [0.1, 0.15) is 0 Å². The fraction of sp³-hybridized carbons (Fsp3) is 0.609. The number of carbonyl (C=O) groups is 3. The highest BCUT2D eigenvalue weighted by atomic mass is 35.5. The molecule has 3 aliphatic rings. The van der Waals surface area contributed by atoms with Crippen LogP contribution in [0.1, 0.15) is 39.0 Å². The number of piperazine rings is 1. The van der Waals surface area contributed by atoms with E-state index in [9.17, 15) is 14.4 Å². The fourth-order valence-electron chi connectivity index (χ4n) is 5.07. The quantitative estimate of drug-likeness (QED) is 0.680. The molecule has 1 saturated carbocycles. The van der Waals surface area contributed by atoms with E-state index in [0.29, 0.717) is 10.7 Å². The molecule has 1 aliphatic carbocycles. The number of fused-ring (bicyclic) bond motifs is 1. The molecular weight excluding hydrogens is 416 g/mol. The van der Waals surface area contributed by atoms with Gasteiger partial charge >= 0.3 is 0 Å². The lowest BCUT2D eigenvalue weighted by atomic mass is 9.81. The maximum Gasteiger partial charge on any atom is 0.233 e. The number of hydrogen-bond donors (Lipinski definition) is 1. The Morgan fingerprint density at radius 2 is 1.71 bits per heavy atom. The van der Waals surface area contributed by atoms with Crippen LogP contribution in [0.4, 0.5) is 11.4 Å². The highest BCUT2D eigenvalue weighted by Crippen LogP contribution is 2.38. The second-order valence-electron chi connectivity index (χ2n) is 8.71. The number of amides is 3. The standard InChI is InChI=1S/C23H31ClN4O3/c1-2-26-11-13-27(14-12-26)20-8-7-16(24)15-19(20)25-21(29)9-10-28-22(30)17-5-3-4-6-18(17)23(28)31/h7-8,15,17-18H,2-6,9-14H2,1H3,(H,25,29). The maximum atomic E-state index is 12.7. The molecule has 1 N–H and O–H groups in total. The molecule has 2 atom stereocenters. The van der Waals surface area contributed by atoms with Crippen molar-refractivity contribution < 1.29 is 14.4 Å². The Labute approximate surface area is 188 Å². The minimum absolute atomic E-state index is 0.0898. The lowest BCUT2D eigenvalue weighted by Gasteiger charge is -2.36. The van der Waals surface area contributed by atoms with Gasteiger partial charge in [-0.05, 0) is 37.6 Å². The van der Waals surface area contributed by atoms with E-state index in [2.05, 4.69) is 22.0 Å². The summed E-state index contributed by atoms with van der Waals surface area (Å²) in [7, 11) is 0. The van der Waals surface area contributed by atoms with Gasteiger partial charge in [0.05, 0.1) is 23.2 Å². The highest BCUT2D eigenvalue weighted by Gasteiger charge is 2.47. The smallest absolute Gasteiger partial charge is 0.233 e. The molecule has 168 valence electrons. The molecule has 0 bridgehead atoms. The van der Waals surface area contributed by atoms with Crippen molar-refractivity contribution in [3.63, 3.8) is 0 Å². The molecule has 31 heavy (non-hydrogen) atoms. The molecule has 2 unspecified atom stereocenters. The van der Waals surface area contributed by atoms with Crippen LogP contribution in [0.5, 0.6) is 0 Å². The normalized spacial score (nSPS) is 24.5. The van der Waals surface area contributed by atoms with Crippen molar-refractivity contribution in [2.75, 3.05) is 49.5 Å².